The molecule has 1 aromatic carbocycles. The van der Waals surface area contributed by atoms with E-state index in [2.05, 4.69) is 27.2 Å². The van der Waals surface area contributed by atoms with Crippen molar-refractivity contribution in [2.75, 3.05) is 12.4 Å². The molecule has 0 unspecified atom stereocenters. The van der Waals surface area contributed by atoms with Crippen molar-refractivity contribution in [1.29, 1.82) is 0 Å². The van der Waals surface area contributed by atoms with Crippen LogP contribution in [-0.2, 0) is 5.54 Å². The molecule has 0 spiro atoms. The molecule has 29 heavy (non-hydrogen) atoms. The Hall–Kier alpha value is -2.84. The minimum Gasteiger partial charge on any atom is -0.373 e. The van der Waals surface area contributed by atoms with Gasteiger partial charge in [0.15, 0.2) is 11.6 Å². The van der Waals surface area contributed by atoms with Crippen LogP contribution in [0.3, 0.4) is 0 Å². The Morgan fingerprint density at radius 2 is 1.72 bits per heavy atom. The number of imidazole rings is 1. The number of nitrogens with one attached hydrogen (secondary N) is 1. The van der Waals surface area contributed by atoms with Crippen LogP contribution in [0.4, 0.5) is 10.2 Å². The molecule has 0 amide bonds. The third-order valence-corrected chi connectivity index (χ3v) is 5.72. The number of aliphatic hydroxyl groups is 2. The largest absolute Gasteiger partial charge is 0.373 e. The first-order valence-corrected chi connectivity index (χ1v) is 9.61. The van der Waals surface area contributed by atoms with Gasteiger partial charge in [0.05, 0.1) is 12.0 Å². The fourth-order valence-electron chi connectivity index (χ4n) is 3.83. The van der Waals surface area contributed by atoms with Gasteiger partial charge in [0.1, 0.15) is 17.3 Å². The van der Waals surface area contributed by atoms with E-state index < -0.39 is 5.79 Å². The summed E-state index contributed by atoms with van der Waals surface area (Å²) in [5.74, 6) is -0.779. The fraction of sp³-hybridized carbons (Fsp3) is 0.381. The second kappa shape index (κ2) is 7.20. The zero-order valence-corrected chi connectivity index (χ0v) is 16.4. The molecule has 2 heterocycles. The van der Waals surface area contributed by atoms with Gasteiger partial charge in [0, 0.05) is 37.2 Å². The number of hydrogen-bond donors (Lipinski definition) is 3. The Bertz CT molecular complexity index is 1010. The van der Waals surface area contributed by atoms with Gasteiger partial charge in [-0.15, -0.1) is 0 Å². The lowest BCUT2D eigenvalue weighted by Crippen LogP contribution is -2.42. The zero-order chi connectivity index (χ0) is 20.6. The summed E-state index contributed by atoms with van der Waals surface area (Å²) >= 11 is 0. The molecule has 1 saturated carbocycles. The first-order valence-electron chi connectivity index (χ1n) is 9.61. The summed E-state index contributed by atoms with van der Waals surface area (Å²) < 4.78 is 15.5. The van der Waals surface area contributed by atoms with Gasteiger partial charge in [-0.2, -0.15) is 0 Å². The predicted molar refractivity (Wildman–Crippen MR) is 107 cm³/mol. The SMILES string of the molecule is CNc1ccnc(-c2c(-c3ccc(F)cc3)ncn2C2(C)CCC(O)(O)CC2)n1. The van der Waals surface area contributed by atoms with Crippen molar-refractivity contribution in [2.24, 2.45) is 0 Å². The summed E-state index contributed by atoms with van der Waals surface area (Å²) in [6.07, 6.45) is 5.09. The molecule has 2 aromatic heterocycles. The maximum absolute atomic E-state index is 13.4. The van der Waals surface area contributed by atoms with Crippen molar-refractivity contribution < 1.29 is 14.6 Å². The Balaban J connectivity index is 1.87. The second-order valence-corrected chi connectivity index (χ2v) is 7.81. The maximum Gasteiger partial charge on any atom is 0.180 e. The van der Waals surface area contributed by atoms with E-state index in [1.165, 1.54) is 12.1 Å². The first kappa shape index (κ1) is 19.5. The van der Waals surface area contributed by atoms with Crippen LogP contribution in [-0.4, -0.2) is 42.6 Å². The molecule has 0 aliphatic heterocycles. The topological polar surface area (TPSA) is 96.1 Å². The molecule has 4 rings (SSSR count). The van der Waals surface area contributed by atoms with Crippen molar-refractivity contribution in [1.82, 2.24) is 19.5 Å². The molecule has 0 saturated heterocycles. The molecule has 0 radical (unpaired) electrons. The van der Waals surface area contributed by atoms with Crippen LogP contribution in [0, 0.1) is 5.82 Å². The highest BCUT2D eigenvalue weighted by molar-refractivity contribution is 5.76. The summed E-state index contributed by atoms with van der Waals surface area (Å²) in [5, 5.41) is 23.0. The van der Waals surface area contributed by atoms with Crippen molar-refractivity contribution in [3.63, 3.8) is 0 Å². The Labute approximate surface area is 168 Å². The summed E-state index contributed by atoms with van der Waals surface area (Å²) in [5.41, 5.74) is 1.76. The molecule has 152 valence electrons. The van der Waals surface area contributed by atoms with Crippen molar-refractivity contribution in [3.05, 3.63) is 48.7 Å². The third-order valence-electron chi connectivity index (χ3n) is 5.72. The van der Waals surface area contributed by atoms with E-state index in [1.807, 2.05) is 4.57 Å². The van der Waals surface area contributed by atoms with Gasteiger partial charge in [-0.3, -0.25) is 0 Å². The smallest absolute Gasteiger partial charge is 0.180 e. The highest BCUT2D eigenvalue weighted by Gasteiger charge is 2.40. The van der Waals surface area contributed by atoms with Crippen molar-refractivity contribution in [3.8, 4) is 22.8 Å². The van der Waals surface area contributed by atoms with Crippen LogP contribution in [0.15, 0.2) is 42.9 Å². The molecule has 1 fully saturated rings. The zero-order valence-electron chi connectivity index (χ0n) is 16.4. The number of nitrogens with zero attached hydrogens (tertiary/aromatic N) is 4. The predicted octanol–water partition coefficient (Wildman–Crippen LogP) is 3.16. The first-order chi connectivity index (χ1) is 13.8. The summed E-state index contributed by atoms with van der Waals surface area (Å²) in [4.78, 5) is 13.7. The van der Waals surface area contributed by atoms with Gasteiger partial charge in [-0.25, -0.2) is 19.3 Å². The molecule has 1 aliphatic rings. The van der Waals surface area contributed by atoms with Gasteiger partial charge in [-0.05, 0) is 50.1 Å². The number of aromatic nitrogens is 4. The van der Waals surface area contributed by atoms with Gasteiger partial charge in [0.25, 0.3) is 0 Å². The third kappa shape index (κ3) is 3.73. The molecule has 8 heteroatoms. The minimum atomic E-state index is -1.64. The average Bonchev–Trinajstić information content (AvgIpc) is 3.17. The lowest BCUT2D eigenvalue weighted by molar-refractivity contribution is -0.192. The van der Waals surface area contributed by atoms with E-state index in [0.717, 1.165) is 11.3 Å². The number of hydrogen-bond acceptors (Lipinski definition) is 6. The molecule has 3 aromatic rings. The summed E-state index contributed by atoms with van der Waals surface area (Å²) in [7, 11) is 1.79. The van der Waals surface area contributed by atoms with Crippen LogP contribution in [0.5, 0.6) is 0 Å². The quantitative estimate of drug-likeness (QED) is 0.585. The lowest BCUT2D eigenvalue weighted by atomic mass is 9.79. The molecule has 0 atom stereocenters. The average molecular weight is 397 g/mol. The summed E-state index contributed by atoms with van der Waals surface area (Å²) in [6.45, 7) is 2.07. The van der Waals surface area contributed by atoms with Gasteiger partial charge in [0.2, 0.25) is 0 Å². The van der Waals surface area contributed by atoms with E-state index in [0.29, 0.717) is 30.2 Å². The fourth-order valence-corrected chi connectivity index (χ4v) is 3.83. The summed E-state index contributed by atoms with van der Waals surface area (Å²) in [6, 6.07) is 7.94. The van der Waals surface area contributed by atoms with E-state index >= 15 is 0 Å². The van der Waals surface area contributed by atoms with E-state index in [1.54, 1.807) is 37.8 Å². The Kier molecular flexibility index (Phi) is 4.84. The highest BCUT2D eigenvalue weighted by atomic mass is 19.1. The number of benzene rings is 1. The monoisotopic (exact) mass is 397 g/mol. The maximum atomic E-state index is 13.4. The lowest BCUT2D eigenvalue weighted by Gasteiger charge is -2.41. The van der Waals surface area contributed by atoms with E-state index in [-0.39, 0.29) is 24.2 Å². The van der Waals surface area contributed by atoms with E-state index in [9.17, 15) is 14.6 Å². The van der Waals surface area contributed by atoms with E-state index in [4.69, 9.17) is 0 Å². The molecule has 3 N–H and O–H groups in total. The van der Waals surface area contributed by atoms with Gasteiger partial charge in [-0.1, -0.05) is 0 Å². The van der Waals surface area contributed by atoms with Crippen molar-refractivity contribution >= 4 is 5.82 Å². The number of anilines is 1. The molecule has 7 nitrogen and oxygen atoms in total. The number of halogens is 1. The molecule has 1 aliphatic carbocycles. The Morgan fingerprint density at radius 3 is 2.38 bits per heavy atom. The minimum absolute atomic E-state index is 0.268. The molecular weight excluding hydrogens is 373 g/mol. The molecule has 0 bridgehead atoms. The highest BCUT2D eigenvalue weighted by Crippen LogP contribution is 2.42. The van der Waals surface area contributed by atoms with Crippen LogP contribution in [0.2, 0.25) is 0 Å². The second-order valence-electron chi connectivity index (χ2n) is 7.81. The standard InChI is InChI=1S/C21H24FN5O2/c1-20(8-10-21(28,29)11-9-20)27-13-25-17(14-3-5-15(22)6-4-14)18(27)19-24-12-7-16(23-2)26-19/h3-7,12-13,28-29H,8-11H2,1-2H3,(H,23,24,26). The van der Waals surface area contributed by atoms with Crippen LogP contribution in [0.1, 0.15) is 32.6 Å². The Morgan fingerprint density at radius 1 is 1.03 bits per heavy atom. The van der Waals surface area contributed by atoms with Crippen molar-refractivity contribution in [2.45, 2.75) is 43.9 Å². The van der Waals surface area contributed by atoms with Crippen LogP contribution < -0.4 is 5.32 Å². The molecular formula is C21H24FN5O2. The normalized spacial score (nSPS) is 17.8. The van der Waals surface area contributed by atoms with Gasteiger partial charge >= 0.3 is 0 Å². The van der Waals surface area contributed by atoms with Crippen LogP contribution in [0.25, 0.3) is 22.8 Å². The number of rotatable bonds is 4. The van der Waals surface area contributed by atoms with Gasteiger partial charge < -0.3 is 20.1 Å². The van der Waals surface area contributed by atoms with Crippen LogP contribution >= 0.6 is 0 Å².